The van der Waals surface area contributed by atoms with Crippen LogP contribution in [-0.4, -0.2) is 30.4 Å². The molecule has 0 saturated carbocycles. The lowest BCUT2D eigenvalue weighted by Gasteiger charge is -2.29. The van der Waals surface area contributed by atoms with Gasteiger partial charge in [0.25, 0.3) is 0 Å². The lowest BCUT2D eigenvalue weighted by molar-refractivity contribution is -0.137. The fourth-order valence-electron chi connectivity index (χ4n) is 2.08. The topological polar surface area (TPSA) is 46.6 Å². The van der Waals surface area contributed by atoms with E-state index in [0.717, 1.165) is 25.0 Å². The molecule has 0 aromatic heterocycles. The van der Waals surface area contributed by atoms with Crippen molar-refractivity contribution in [2.24, 2.45) is 0 Å². The zero-order valence-corrected chi connectivity index (χ0v) is 10.9. The Morgan fingerprint density at radius 1 is 1.35 bits per heavy atom. The average molecular weight is 239 g/mol. The average Bonchev–Trinajstić information content (AvgIpc) is 2.32. The molecule has 0 bridgehead atoms. The van der Waals surface area contributed by atoms with Gasteiger partial charge in [0.2, 0.25) is 5.91 Å². The fourth-order valence-corrected chi connectivity index (χ4v) is 2.08. The van der Waals surface area contributed by atoms with Gasteiger partial charge in [-0.25, -0.2) is 4.79 Å². The van der Waals surface area contributed by atoms with Crippen LogP contribution >= 0.6 is 0 Å². The van der Waals surface area contributed by atoms with E-state index in [1.165, 1.54) is 7.11 Å². The van der Waals surface area contributed by atoms with Crippen molar-refractivity contribution in [2.45, 2.75) is 46.0 Å². The summed E-state index contributed by atoms with van der Waals surface area (Å²) in [6.45, 7) is 4.66. The van der Waals surface area contributed by atoms with Gasteiger partial charge < -0.3 is 9.64 Å². The van der Waals surface area contributed by atoms with Gasteiger partial charge in [-0.05, 0) is 19.8 Å². The molecule has 1 rings (SSSR count). The first kappa shape index (κ1) is 13.7. The molecule has 1 heterocycles. The fraction of sp³-hybridized carbons (Fsp3) is 0.692. The minimum atomic E-state index is -0.310. The Morgan fingerprint density at radius 3 is 2.65 bits per heavy atom. The van der Waals surface area contributed by atoms with E-state index in [1.807, 2.05) is 6.92 Å². The Morgan fingerprint density at radius 2 is 2.06 bits per heavy atom. The summed E-state index contributed by atoms with van der Waals surface area (Å²) < 4.78 is 4.73. The van der Waals surface area contributed by atoms with Gasteiger partial charge in [0.15, 0.2) is 0 Å². The van der Waals surface area contributed by atoms with Crippen molar-refractivity contribution in [1.29, 1.82) is 0 Å². The lowest BCUT2D eigenvalue weighted by atomic mass is 10.0. The van der Waals surface area contributed by atoms with E-state index in [9.17, 15) is 9.59 Å². The molecule has 0 unspecified atom stereocenters. The molecule has 17 heavy (non-hydrogen) atoms. The lowest BCUT2D eigenvalue weighted by Crippen LogP contribution is -2.35. The smallest absolute Gasteiger partial charge is 0.335 e. The van der Waals surface area contributed by atoms with E-state index in [-0.39, 0.29) is 11.9 Å². The van der Waals surface area contributed by atoms with Crippen LogP contribution in [0.5, 0.6) is 0 Å². The quantitative estimate of drug-likeness (QED) is 0.546. The van der Waals surface area contributed by atoms with E-state index < -0.39 is 0 Å². The highest BCUT2D eigenvalue weighted by Gasteiger charge is 2.27. The molecule has 0 N–H and O–H groups in total. The van der Waals surface area contributed by atoms with Crippen LogP contribution in [0.1, 0.15) is 46.0 Å². The second kappa shape index (κ2) is 6.42. The number of unbranched alkanes of at least 4 members (excludes halogenated alkanes) is 2. The second-order valence-electron chi connectivity index (χ2n) is 4.31. The maximum atomic E-state index is 11.8. The Hall–Kier alpha value is -1.32. The maximum Gasteiger partial charge on any atom is 0.335 e. The number of ether oxygens (including phenoxy) is 1. The van der Waals surface area contributed by atoms with E-state index in [1.54, 1.807) is 4.90 Å². The van der Waals surface area contributed by atoms with Crippen molar-refractivity contribution < 1.29 is 14.3 Å². The first-order valence-electron chi connectivity index (χ1n) is 6.20. The molecule has 0 atom stereocenters. The van der Waals surface area contributed by atoms with E-state index in [2.05, 4.69) is 6.92 Å². The molecule has 96 valence electrons. The highest BCUT2D eigenvalue weighted by Crippen LogP contribution is 2.24. The van der Waals surface area contributed by atoms with Crippen molar-refractivity contribution >= 4 is 11.9 Å². The number of rotatable bonds is 5. The van der Waals surface area contributed by atoms with Gasteiger partial charge in [0, 0.05) is 18.7 Å². The minimum Gasteiger partial charge on any atom is -0.466 e. The largest absolute Gasteiger partial charge is 0.466 e. The van der Waals surface area contributed by atoms with Crippen LogP contribution in [0.15, 0.2) is 11.3 Å². The van der Waals surface area contributed by atoms with E-state index in [4.69, 9.17) is 4.74 Å². The first-order chi connectivity index (χ1) is 8.11. The van der Waals surface area contributed by atoms with Crippen molar-refractivity contribution in [3.8, 4) is 0 Å². The van der Waals surface area contributed by atoms with Gasteiger partial charge in [-0.3, -0.25) is 4.79 Å². The van der Waals surface area contributed by atoms with Crippen LogP contribution in [0.25, 0.3) is 0 Å². The minimum absolute atomic E-state index is 0.117. The van der Waals surface area contributed by atoms with Crippen molar-refractivity contribution in [2.75, 3.05) is 13.7 Å². The van der Waals surface area contributed by atoms with Crippen molar-refractivity contribution in [3.63, 3.8) is 0 Å². The molecule has 0 spiro atoms. The first-order valence-corrected chi connectivity index (χ1v) is 6.20. The summed E-state index contributed by atoms with van der Waals surface area (Å²) in [7, 11) is 1.38. The van der Waals surface area contributed by atoms with Gasteiger partial charge in [0.1, 0.15) is 0 Å². The Labute approximate surface area is 103 Å². The Bertz CT molecular complexity index is 334. The molecule has 1 aliphatic heterocycles. The van der Waals surface area contributed by atoms with Crippen LogP contribution in [0, 0.1) is 0 Å². The van der Waals surface area contributed by atoms with Gasteiger partial charge in [0.05, 0.1) is 12.7 Å². The molecule has 0 fully saturated rings. The molecule has 0 aromatic carbocycles. The molecule has 1 aliphatic rings. The number of carbonyl (C=O) groups is 2. The third kappa shape index (κ3) is 3.32. The second-order valence-corrected chi connectivity index (χ2v) is 4.31. The molecule has 1 amide bonds. The van der Waals surface area contributed by atoms with Gasteiger partial charge >= 0.3 is 5.97 Å². The molecular formula is C13H21NO3. The summed E-state index contributed by atoms with van der Waals surface area (Å²) in [5.74, 6) is -0.193. The van der Waals surface area contributed by atoms with Crippen molar-refractivity contribution in [1.82, 2.24) is 4.90 Å². The maximum absolute atomic E-state index is 11.8. The third-order valence-corrected chi connectivity index (χ3v) is 3.15. The number of hydrogen-bond donors (Lipinski definition) is 0. The normalized spacial score (nSPS) is 16.4. The Kier molecular flexibility index (Phi) is 5.19. The summed E-state index contributed by atoms with van der Waals surface area (Å²) in [5, 5.41) is 0. The summed E-state index contributed by atoms with van der Waals surface area (Å²) in [6, 6.07) is 0. The number of nitrogens with zero attached hydrogens (tertiary/aromatic N) is 1. The highest BCUT2D eigenvalue weighted by molar-refractivity contribution is 5.93. The highest BCUT2D eigenvalue weighted by atomic mass is 16.5. The zero-order chi connectivity index (χ0) is 12.8. The monoisotopic (exact) mass is 239 g/mol. The SMILES string of the molecule is CCCCCN1C(=O)CCC(C(=O)OC)=C1C. The molecule has 0 radical (unpaired) electrons. The van der Waals surface area contributed by atoms with Gasteiger partial charge in [-0.15, -0.1) is 0 Å². The number of allylic oxidation sites excluding steroid dienone is 1. The predicted molar refractivity (Wildman–Crippen MR) is 65.2 cm³/mol. The Balaban J connectivity index is 2.78. The molecule has 0 saturated heterocycles. The van der Waals surface area contributed by atoms with Gasteiger partial charge in [-0.2, -0.15) is 0 Å². The van der Waals surface area contributed by atoms with E-state index >= 15 is 0 Å². The molecule has 0 aromatic rings. The molecule has 4 nitrogen and oxygen atoms in total. The zero-order valence-electron chi connectivity index (χ0n) is 10.9. The van der Waals surface area contributed by atoms with Crippen LogP contribution in [0.4, 0.5) is 0 Å². The number of methoxy groups -OCH3 is 1. The molecule has 4 heteroatoms. The number of hydrogen-bond acceptors (Lipinski definition) is 3. The molecular weight excluding hydrogens is 218 g/mol. The summed E-state index contributed by atoms with van der Waals surface area (Å²) in [5.41, 5.74) is 1.41. The molecule has 0 aliphatic carbocycles. The number of amides is 1. The third-order valence-electron chi connectivity index (χ3n) is 3.15. The van der Waals surface area contributed by atoms with Crippen LogP contribution in [0.2, 0.25) is 0 Å². The summed E-state index contributed by atoms with van der Waals surface area (Å²) in [4.78, 5) is 25.1. The van der Waals surface area contributed by atoms with Crippen molar-refractivity contribution in [3.05, 3.63) is 11.3 Å². The number of carbonyl (C=O) groups excluding carboxylic acids is 2. The summed E-state index contributed by atoms with van der Waals surface area (Å²) in [6.07, 6.45) is 4.11. The predicted octanol–water partition coefficient (Wildman–Crippen LogP) is 2.25. The standard InChI is InChI=1S/C13H21NO3/c1-4-5-6-9-14-10(2)11(13(16)17-3)7-8-12(14)15/h4-9H2,1-3H3. The van der Waals surface area contributed by atoms with Crippen LogP contribution < -0.4 is 0 Å². The number of esters is 1. The van der Waals surface area contributed by atoms with Gasteiger partial charge in [-0.1, -0.05) is 19.8 Å². The van der Waals surface area contributed by atoms with E-state index in [0.29, 0.717) is 25.0 Å². The summed E-state index contributed by atoms with van der Waals surface area (Å²) >= 11 is 0. The van der Waals surface area contributed by atoms with Crippen LogP contribution in [0.3, 0.4) is 0 Å². The van der Waals surface area contributed by atoms with Crippen LogP contribution in [-0.2, 0) is 14.3 Å².